The number of carbonyl (C=O) groups is 1. The van der Waals surface area contributed by atoms with Gasteiger partial charge in [-0.25, -0.2) is 9.78 Å². The second-order valence-corrected chi connectivity index (χ2v) is 10.1. The standard InChI is InChI=1S/C28H30N4O5/c1-18(36-26-4-2-3-13-35-26)27-29-11-12-31(27)15-21-14-25(37-30-21)20-8-5-19(6-9-20)7-10-22-23-16-32(28(33)34)17-24(22)23/h5-6,8-9,11-12,14,18,22-24,26H,2-4,13,15-17H2,1H3,(H,33,34)/t18-,22-,23+,24-,26?/m0/s1. The predicted octanol–water partition coefficient (Wildman–Crippen LogP) is 4.40. The molecule has 2 saturated heterocycles. The smallest absolute Gasteiger partial charge is 0.407 e. The van der Waals surface area contributed by atoms with Gasteiger partial charge in [0.1, 0.15) is 17.6 Å². The number of aromatic nitrogens is 3. The summed E-state index contributed by atoms with van der Waals surface area (Å²) in [6.45, 7) is 4.48. The SMILES string of the molecule is C[C@H](OC1CCCCO1)c1nccn1Cc1cc(-c2ccc(C#C[C@H]3[C@H]4CN(C(=O)O)C[C@@H]34)cc2)on1. The normalized spacial score (nSPS) is 25.3. The second kappa shape index (κ2) is 10.0. The molecule has 37 heavy (non-hydrogen) atoms. The molecule has 5 atom stereocenters. The topological polar surface area (TPSA) is 103 Å². The summed E-state index contributed by atoms with van der Waals surface area (Å²) in [5.74, 6) is 9.19. The van der Waals surface area contributed by atoms with E-state index < -0.39 is 6.09 Å². The third kappa shape index (κ3) is 5.13. The Bertz CT molecular complexity index is 1300. The van der Waals surface area contributed by atoms with Crippen molar-refractivity contribution in [3.63, 3.8) is 0 Å². The molecule has 4 heterocycles. The van der Waals surface area contributed by atoms with Gasteiger partial charge in [-0.05, 0) is 62.3 Å². The van der Waals surface area contributed by atoms with E-state index in [-0.39, 0.29) is 12.4 Å². The number of piperidine rings is 1. The number of ether oxygens (including phenoxy) is 2. The largest absolute Gasteiger partial charge is 0.465 e. The first-order valence-electron chi connectivity index (χ1n) is 12.9. The molecule has 1 saturated carbocycles. The number of nitrogens with zero attached hydrogens (tertiary/aromatic N) is 4. The first-order chi connectivity index (χ1) is 18.0. The maximum Gasteiger partial charge on any atom is 0.407 e. The molecule has 1 unspecified atom stereocenters. The van der Waals surface area contributed by atoms with Crippen LogP contribution in [0.3, 0.4) is 0 Å². The zero-order valence-corrected chi connectivity index (χ0v) is 20.7. The van der Waals surface area contributed by atoms with Gasteiger partial charge >= 0.3 is 6.09 Å². The minimum Gasteiger partial charge on any atom is -0.465 e. The zero-order chi connectivity index (χ0) is 25.4. The van der Waals surface area contributed by atoms with E-state index >= 15 is 0 Å². The van der Waals surface area contributed by atoms with Crippen molar-refractivity contribution in [1.29, 1.82) is 0 Å². The van der Waals surface area contributed by atoms with Crippen LogP contribution in [0.4, 0.5) is 4.79 Å². The van der Waals surface area contributed by atoms with E-state index in [9.17, 15) is 4.79 Å². The van der Waals surface area contributed by atoms with Crippen LogP contribution >= 0.6 is 0 Å². The summed E-state index contributed by atoms with van der Waals surface area (Å²) >= 11 is 0. The molecule has 1 aliphatic carbocycles. The van der Waals surface area contributed by atoms with Gasteiger partial charge in [0.25, 0.3) is 0 Å². The average Bonchev–Trinajstić information content (AvgIpc) is 3.40. The minimum absolute atomic E-state index is 0.175. The molecule has 0 spiro atoms. The van der Waals surface area contributed by atoms with E-state index in [4.69, 9.17) is 19.1 Å². The molecule has 1 aromatic carbocycles. The van der Waals surface area contributed by atoms with Crippen LogP contribution < -0.4 is 0 Å². The number of carboxylic acid groups (broad SMARTS) is 1. The van der Waals surface area contributed by atoms with Crippen LogP contribution in [0.1, 0.15) is 49.4 Å². The fourth-order valence-electron chi connectivity index (χ4n) is 5.40. The molecule has 9 nitrogen and oxygen atoms in total. The van der Waals surface area contributed by atoms with Crippen molar-refractivity contribution in [3.05, 3.63) is 59.8 Å². The van der Waals surface area contributed by atoms with Crippen LogP contribution in [0.2, 0.25) is 0 Å². The molecule has 6 rings (SSSR count). The lowest BCUT2D eigenvalue weighted by Crippen LogP contribution is -2.29. The summed E-state index contributed by atoms with van der Waals surface area (Å²) < 4.78 is 19.4. The molecule has 0 bridgehead atoms. The number of amides is 1. The van der Waals surface area contributed by atoms with E-state index in [0.29, 0.717) is 43.1 Å². The summed E-state index contributed by atoms with van der Waals surface area (Å²) in [7, 11) is 0. The fraction of sp³-hybridized carbons (Fsp3) is 0.464. The van der Waals surface area contributed by atoms with Gasteiger partial charge in [-0.3, -0.25) is 0 Å². The molecule has 3 fully saturated rings. The molecule has 3 aliphatic rings. The molecule has 2 aliphatic heterocycles. The Morgan fingerprint density at radius 2 is 2.05 bits per heavy atom. The van der Waals surface area contributed by atoms with E-state index in [1.807, 2.05) is 48.0 Å². The quantitative estimate of drug-likeness (QED) is 0.499. The number of likely N-dealkylation sites (tertiary alicyclic amines) is 1. The van der Waals surface area contributed by atoms with Gasteiger partial charge in [0.05, 0.1) is 6.54 Å². The highest BCUT2D eigenvalue weighted by Crippen LogP contribution is 2.51. The first kappa shape index (κ1) is 23.8. The molecule has 1 N–H and O–H groups in total. The fourth-order valence-corrected chi connectivity index (χ4v) is 5.40. The maximum absolute atomic E-state index is 11.1. The van der Waals surface area contributed by atoms with Crippen LogP contribution in [-0.2, 0) is 16.0 Å². The minimum atomic E-state index is -0.830. The lowest BCUT2D eigenvalue weighted by Gasteiger charge is -2.26. The van der Waals surface area contributed by atoms with Crippen molar-refractivity contribution >= 4 is 6.09 Å². The number of rotatable bonds is 6. The van der Waals surface area contributed by atoms with Crippen LogP contribution in [0, 0.1) is 29.6 Å². The average molecular weight is 503 g/mol. The second-order valence-electron chi connectivity index (χ2n) is 10.1. The Labute approximate surface area is 215 Å². The molecule has 1 amide bonds. The van der Waals surface area contributed by atoms with Gasteiger partial charge in [-0.1, -0.05) is 17.0 Å². The van der Waals surface area contributed by atoms with Crippen LogP contribution in [0.15, 0.2) is 47.2 Å². The van der Waals surface area contributed by atoms with Crippen LogP contribution in [0.5, 0.6) is 0 Å². The van der Waals surface area contributed by atoms with Crippen LogP contribution in [-0.4, -0.2) is 56.8 Å². The number of fused-ring (bicyclic) bond motifs is 1. The Balaban J connectivity index is 1.06. The summed E-state index contributed by atoms with van der Waals surface area (Å²) in [5, 5.41) is 13.3. The van der Waals surface area contributed by atoms with E-state index in [1.54, 1.807) is 6.20 Å². The summed E-state index contributed by atoms with van der Waals surface area (Å²) in [6.07, 6.45) is 5.62. The molecule has 9 heteroatoms. The van der Waals surface area contributed by atoms with Gasteiger partial charge in [0.2, 0.25) is 0 Å². The van der Waals surface area contributed by atoms with Crippen molar-refractivity contribution in [3.8, 4) is 23.2 Å². The summed E-state index contributed by atoms with van der Waals surface area (Å²) in [6, 6.07) is 9.87. The third-order valence-corrected chi connectivity index (χ3v) is 7.51. The van der Waals surface area contributed by atoms with Crippen LogP contribution in [0.25, 0.3) is 11.3 Å². The predicted molar refractivity (Wildman–Crippen MR) is 133 cm³/mol. The zero-order valence-electron chi connectivity index (χ0n) is 20.7. The van der Waals surface area contributed by atoms with Gasteiger partial charge in [-0.15, -0.1) is 0 Å². The Morgan fingerprint density at radius 1 is 1.24 bits per heavy atom. The van der Waals surface area contributed by atoms with Crippen molar-refractivity contribution in [1.82, 2.24) is 19.6 Å². The summed E-state index contributed by atoms with van der Waals surface area (Å²) in [5.41, 5.74) is 2.67. The molecular formula is C28H30N4O5. The Morgan fingerprint density at radius 3 is 2.78 bits per heavy atom. The molecule has 3 aromatic rings. The van der Waals surface area contributed by atoms with Crippen molar-refractivity contribution in [2.24, 2.45) is 17.8 Å². The summed E-state index contributed by atoms with van der Waals surface area (Å²) in [4.78, 5) is 17.0. The van der Waals surface area contributed by atoms with Gasteiger partial charge in [0.15, 0.2) is 12.1 Å². The Hall–Kier alpha value is -3.61. The molecule has 192 valence electrons. The molecule has 0 radical (unpaired) electrons. The van der Waals surface area contributed by atoms with Gasteiger partial charge in [0, 0.05) is 55.2 Å². The number of imidazole rings is 1. The molecular weight excluding hydrogens is 472 g/mol. The first-order valence-corrected chi connectivity index (χ1v) is 12.9. The highest BCUT2D eigenvalue weighted by atomic mass is 16.7. The highest BCUT2D eigenvalue weighted by molar-refractivity contribution is 5.66. The van der Waals surface area contributed by atoms with E-state index in [2.05, 4.69) is 22.0 Å². The Kier molecular flexibility index (Phi) is 6.45. The van der Waals surface area contributed by atoms with Crippen molar-refractivity contribution < 1.29 is 23.9 Å². The number of hydrogen-bond donors (Lipinski definition) is 1. The maximum atomic E-state index is 11.1. The van der Waals surface area contributed by atoms with Crippen molar-refractivity contribution in [2.75, 3.05) is 19.7 Å². The van der Waals surface area contributed by atoms with Crippen molar-refractivity contribution in [2.45, 2.75) is 45.1 Å². The van der Waals surface area contributed by atoms with Gasteiger partial charge in [-0.2, -0.15) is 0 Å². The van der Waals surface area contributed by atoms with E-state index in [0.717, 1.165) is 48.5 Å². The lowest BCUT2D eigenvalue weighted by molar-refractivity contribution is -0.188. The lowest BCUT2D eigenvalue weighted by atomic mass is 10.1. The monoisotopic (exact) mass is 502 g/mol. The number of hydrogen-bond acceptors (Lipinski definition) is 6. The third-order valence-electron chi connectivity index (χ3n) is 7.51. The number of benzene rings is 1. The molecule has 2 aromatic heterocycles. The van der Waals surface area contributed by atoms with Gasteiger partial charge < -0.3 is 28.6 Å². The van der Waals surface area contributed by atoms with E-state index in [1.165, 1.54) is 4.90 Å². The highest BCUT2D eigenvalue weighted by Gasteiger charge is 2.56.